The second-order valence-corrected chi connectivity index (χ2v) is 7.31. The largest absolute Gasteiger partial charge is 0.532 e. The summed E-state index contributed by atoms with van der Waals surface area (Å²) in [7, 11) is -9.42. The van der Waals surface area contributed by atoms with E-state index in [0.29, 0.717) is 0 Å². The quantitative estimate of drug-likeness (QED) is 0.348. The molecule has 0 aliphatic heterocycles. The summed E-state index contributed by atoms with van der Waals surface area (Å²) < 4.78 is 47.7. The average Bonchev–Trinajstić information content (AvgIpc) is 1.86. The van der Waals surface area contributed by atoms with Gasteiger partial charge < -0.3 is 0 Å². The van der Waals surface area contributed by atoms with Crippen molar-refractivity contribution in [1.82, 2.24) is 0 Å². The van der Waals surface area contributed by atoms with E-state index in [9.17, 15) is 17.5 Å². The van der Waals surface area contributed by atoms with Crippen molar-refractivity contribution >= 4 is 28.9 Å². The molecule has 8 nitrogen and oxygen atoms in total. The van der Waals surface area contributed by atoms with Crippen LogP contribution in [0.15, 0.2) is 0 Å². The Morgan fingerprint density at radius 1 is 1.00 bits per heavy atom. The Hall–Kier alpha value is 0.410. The van der Waals surface area contributed by atoms with Crippen molar-refractivity contribution in [1.29, 1.82) is 0 Å². The molecule has 0 aliphatic rings. The summed E-state index contributed by atoms with van der Waals surface area (Å²) in [5, 5.41) is 0. The lowest BCUT2D eigenvalue weighted by molar-refractivity contribution is 0.273. The van der Waals surface area contributed by atoms with E-state index in [-0.39, 0.29) is 0 Å². The first-order valence-electron chi connectivity index (χ1n) is 1.80. The highest BCUT2D eigenvalue weighted by molar-refractivity contribution is 9.05. The molecule has 11 heteroatoms. The summed E-state index contributed by atoms with van der Waals surface area (Å²) in [6, 6.07) is 0. The topological polar surface area (TPSA) is 144 Å². The van der Waals surface area contributed by atoms with Crippen LogP contribution >= 0.6 is 9.83 Å². The van der Waals surface area contributed by atoms with E-state index in [1.54, 1.807) is 0 Å². The lowest BCUT2D eigenvalue weighted by atomic mass is 13.6. The Morgan fingerprint density at radius 3 is 1.45 bits per heavy atom. The van der Waals surface area contributed by atoms with Crippen LogP contribution in [-0.2, 0) is 45.1 Å². The Labute approximate surface area is 67.2 Å². The van der Waals surface area contributed by atoms with E-state index < -0.39 is 28.9 Å². The van der Waals surface area contributed by atoms with Gasteiger partial charge in [-0.3, -0.25) is 0 Å². The number of hydrogen-bond donors (Lipinski definition) is 2. The van der Waals surface area contributed by atoms with Crippen LogP contribution in [0, 0.1) is 0 Å². The molecule has 0 bridgehead atoms. The first-order valence-corrected chi connectivity index (χ1v) is 6.47. The third kappa shape index (κ3) is 4.78. The minimum absolute atomic E-state index is 0.646. The summed E-state index contributed by atoms with van der Waals surface area (Å²) >= 11 is 0. The predicted molar refractivity (Wildman–Crippen MR) is 35.6 cm³/mol. The molecule has 0 saturated heterocycles. The summed E-state index contributed by atoms with van der Waals surface area (Å²) in [6.07, 6.45) is 0. The molecule has 0 amide bonds. The molecule has 4 N–H and O–H groups in total. The Kier molecular flexibility index (Phi) is 4.03. The fourth-order valence-corrected chi connectivity index (χ4v) is 3.62. The molecule has 2 radical (unpaired) electrons. The molecule has 0 saturated carbocycles. The molecule has 66 valence electrons. The fraction of sp³-hybridized carbons (Fsp3) is 0. The number of nitrogens with two attached hydrogens (primary N) is 2. The van der Waals surface area contributed by atoms with Crippen molar-refractivity contribution in [2.45, 2.75) is 0 Å². The first kappa shape index (κ1) is 11.4. The van der Waals surface area contributed by atoms with Gasteiger partial charge >= 0.3 is 28.9 Å². The van der Waals surface area contributed by atoms with Crippen LogP contribution in [-0.4, -0.2) is 0 Å². The van der Waals surface area contributed by atoms with Crippen molar-refractivity contribution in [2.75, 3.05) is 0 Å². The maximum Gasteiger partial charge on any atom is 0.532 e. The normalized spacial score (nSPS) is 22.2. The third-order valence-corrected chi connectivity index (χ3v) is 5.68. The lowest BCUT2D eigenvalue weighted by Crippen LogP contribution is -2.20. The third-order valence-electron chi connectivity index (χ3n) is 0.402. The molecule has 11 heavy (non-hydrogen) atoms. The van der Waals surface area contributed by atoms with Gasteiger partial charge in [0.1, 0.15) is 0 Å². The molecule has 2 atom stereocenters. The SMILES string of the molecule is NO[S+]([O])(=O)S[S+]([O])(=O)ON. The van der Waals surface area contributed by atoms with Crippen molar-refractivity contribution < 1.29 is 26.1 Å². The second-order valence-electron chi connectivity index (χ2n) is 1.08. The molecule has 0 spiro atoms. The highest BCUT2D eigenvalue weighted by atomic mass is 33.6. The van der Waals surface area contributed by atoms with Crippen LogP contribution in [0.3, 0.4) is 0 Å². The Morgan fingerprint density at radius 2 is 1.27 bits per heavy atom. The van der Waals surface area contributed by atoms with Gasteiger partial charge in [0, 0.05) is 0 Å². The number of rotatable bonds is 4. The van der Waals surface area contributed by atoms with Gasteiger partial charge in [0.15, 0.2) is 0 Å². The maximum absolute atomic E-state index is 10.3. The minimum atomic E-state index is -4.39. The monoisotopic (exact) mass is 224 g/mol. The molecule has 0 aromatic heterocycles. The van der Waals surface area contributed by atoms with Gasteiger partial charge in [0.2, 0.25) is 0 Å². The molecule has 0 aromatic rings. The van der Waals surface area contributed by atoms with Crippen LogP contribution in [0.5, 0.6) is 0 Å². The van der Waals surface area contributed by atoms with Crippen LogP contribution in [0.25, 0.3) is 0 Å². The van der Waals surface area contributed by atoms with Crippen molar-refractivity contribution in [3.8, 4) is 0 Å². The Balaban J connectivity index is 4.26. The maximum atomic E-state index is 10.3. The molecule has 0 rings (SSSR count). The lowest BCUT2D eigenvalue weighted by Gasteiger charge is -1.87. The van der Waals surface area contributed by atoms with E-state index in [1.807, 2.05) is 0 Å². The summed E-state index contributed by atoms with van der Waals surface area (Å²) in [6.45, 7) is 0. The van der Waals surface area contributed by atoms with E-state index in [0.717, 1.165) is 0 Å². The van der Waals surface area contributed by atoms with E-state index in [4.69, 9.17) is 0 Å². The van der Waals surface area contributed by atoms with Crippen molar-refractivity contribution in [2.24, 2.45) is 11.8 Å². The van der Waals surface area contributed by atoms with Gasteiger partial charge in [0.25, 0.3) is 0 Å². The summed E-state index contributed by atoms with van der Waals surface area (Å²) in [5.41, 5.74) is 0. The second kappa shape index (κ2) is 3.88. The van der Waals surface area contributed by atoms with E-state index >= 15 is 0 Å². The number of hydrogen-bond acceptors (Lipinski definition) is 7. The predicted octanol–water partition coefficient (Wildman–Crippen LogP) is -1.15. The summed E-state index contributed by atoms with van der Waals surface area (Å²) in [4.78, 5) is 0. The highest BCUT2D eigenvalue weighted by Gasteiger charge is 2.56. The smallest absolute Gasteiger partial charge is 0.159 e. The average molecular weight is 224 g/mol. The van der Waals surface area contributed by atoms with Gasteiger partial charge in [0.05, 0.1) is 9.11 Å². The van der Waals surface area contributed by atoms with Crippen LogP contribution < -0.4 is 11.8 Å². The van der Waals surface area contributed by atoms with Crippen LogP contribution in [0.4, 0.5) is 0 Å². The molecular weight excluding hydrogens is 220 g/mol. The van der Waals surface area contributed by atoms with Crippen molar-refractivity contribution in [3.63, 3.8) is 0 Å². The van der Waals surface area contributed by atoms with Gasteiger partial charge in [-0.2, -0.15) is 11.8 Å². The molecule has 0 fully saturated rings. The first-order chi connectivity index (χ1) is 4.83. The molecule has 0 aromatic carbocycles. The fourth-order valence-electron chi connectivity index (χ4n) is 0.134. The minimum Gasteiger partial charge on any atom is -0.159 e. The van der Waals surface area contributed by atoms with Crippen LogP contribution in [0.1, 0.15) is 0 Å². The Bertz CT molecular complexity index is 190. The van der Waals surface area contributed by atoms with E-state index in [2.05, 4.69) is 20.4 Å². The molecule has 0 aliphatic carbocycles. The van der Waals surface area contributed by atoms with Gasteiger partial charge in [-0.05, 0) is 17.0 Å². The molecule has 2 unspecified atom stereocenters. The zero-order valence-electron chi connectivity index (χ0n) is 4.83. The zero-order chi connectivity index (χ0) is 9.12. The van der Waals surface area contributed by atoms with Crippen LogP contribution in [0.2, 0.25) is 0 Å². The van der Waals surface area contributed by atoms with Crippen molar-refractivity contribution in [3.05, 3.63) is 0 Å². The molecule has 0 heterocycles. The molecular formula is H4N2O6S3+2. The highest BCUT2D eigenvalue weighted by Crippen LogP contribution is 2.31. The van der Waals surface area contributed by atoms with Gasteiger partial charge in [-0.15, -0.1) is 0 Å². The van der Waals surface area contributed by atoms with Gasteiger partial charge in [-0.25, -0.2) is 0 Å². The summed E-state index contributed by atoms with van der Waals surface area (Å²) in [5.74, 6) is 8.40. The van der Waals surface area contributed by atoms with E-state index in [1.165, 1.54) is 0 Å². The van der Waals surface area contributed by atoms with Gasteiger partial charge in [-0.1, -0.05) is 0 Å². The standard InChI is InChI=1S/H4N2O6S3/c1-7-10(3,4)9-11(5,6)8-2/h1-2H2/q+2. The zero-order valence-corrected chi connectivity index (χ0v) is 7.28.